The molecule has 2 heterocycles. The van der Waals surface area contributed by atoms with Gasteiger partial charge in [0.15, 0.2) is 0 Å². The molecule has 1 aliphatic rings. The van der Waals surface area contributed by atoms with Crippen molar-refractivity contribution in [1.82, 2.24) is 10.3 Å². The summed E-state index contributed by atoms with van der Waals surface area (Å²) in [4.78, 5) is 16.4. The SMILES string of the molecule is O=C(CC1=CCNC(Cc2ccccc2)C1)Nc1ncccc1Br. The summed E-state index contributed by atoms with van der Waals surface area (Å²) < 4.78 is 0.791. The predicted molar refractivity (Wildman–Crippen MR) is 99.8 cm³/mol. The van der Waals surface area contributed by atoms with E-state index in [4.69, 9.17) is 0 Å². The molecular weight excluding hydrogens is 366 g/mol. The van der Waals surface area contributed by atoms with Gasteiger partial charge in [-0.2, -0.15) is 0 Å². The van der Waals surface area contributed by atoms with E-state index >= 15 is 0 Å². The van der Waals surface area contributed by atoms with E-state index in [2.05, 4.69) is 61.9 Å². The van der Waals surface area contributed by atoms with E-state index in [-0.39, 0.29) is 5.91 Å². The van der Waals surface area contributed by atoms with Crippen LogP contribution in [0.1, 0.15) is 18.4 Å². The monoisotopic (exact) mass is 385 g/mol. The highest BCUT2D eigenvalue weighted by Gasteiger charge is 2.18. The summed E-state index contributed by atoms with van der Waals surface area (Å²) in [6.07, 6.45) is 6.07. The number of aromatic nitrogens is 1. The molecular formula is C19H20BrN3O. The number of benzene rings is 1. The number of nitrogens with one attached hydrogen (secondary N) is 2. The van der Waals surface area contributed by atoms with Crippen molar-refractivity contribution in [2.45, 2.75) is 25.3 Å². The van der Waals surface area contributed by atoms with Gasteiger partial charge in [0, 0.05) is 25.2 Å². The van der Waals surface area contributed by atoms with Crippen LogP contribution in [-0.4, -0.2) is 23.5 Å². The molecule has 0 spiro atoms. The summed E-state index contributed by atoms with van der Waals surface area (Å²) in [6.45, 7) is 0.813. The topological polar surface area (TPSA) is 54.0 Å². The summed E-state index contributed by atoms with van der Waals surface area (Å²) in [6, 6.07) is 14.5. The fourth-order valence-electron chi connectivity index (χ4n) is 2.89. The van der Waals surface area contributed by atoms with E-state index in [0.29, 0.717) is 18.3 Å². The lowest BCUT2D eigenvalue weighted by Crippen LogP contribution is -2.35. The van der Waals surface area contributed by atoms with Crippen LogP contribution >= 0.6 is 15.9 Å². The van der Waals surface area contributed by atoms with Gasteiger partial charge in [0.1, 0.15) is 5.82 Å². The number of carbonyl (C=O) groups is 1. The van der Waals surface area contributed by atoms with E-state index in [9.17, 15) is 4.79 Å². The molecule has 1 unspecified atom stereocenters. The molecule has 0 radical (unpaired) electrons. The second-order valence-electron chi connectivity index (χ2n) is 5.92. The maximum atomic E-state index is 12.3. The average Bonchev–Trinajstić information content (AvgIpc) is 2.58. The second-order valence-corrected chi connectivity index (χ2v) is 6.77. The Morgan fingerprint density at radius 1 is 1.25 bits per heavy atom. The Kier molecular flexibility index (Phi) is 5.77. The van der Waals surface area contributed by atoms with Crippen molar-refractivity contribution in [2.75, 3.05) is 11.9 Å². The molecule has 1 atom stereocenters. The first-order valence-corrected chi connectivity index (χ1v) is 8.85. The lowest BCUT2D eigenvalue weighted by atomic mass is 9.94. The molecule has 5 heteroatoms. The molecule has 1 amide bonds. The molecule has 0 saturated heterocycles. The van der Waals surface area contributed by atoms with Gasteiger partial charge in [-0.1, -0.05) is 42.0 Å². The average molecular weight is 386 g/mol. The minimum absolute atomic E-state index is 0.0268. The highest BCUT2D eigenvalue weighted by atomic mass is 79.9. The lowest BCUT2D eigenvalue weighted by Gasteiger charge is -2.24. The van der Waals surface area contributed by atoms with Gasteiger partial charge in [0.05, 0.1) is 4.47 Å². The van der Waals surface area contributed by atoms with Crippen LogP contribution in [0.2, 0.25) is 0 Å². The number of hydrogen-bond acceptors (Lipinski definition) is 3. The third kappa shape index (κ3) is 4.76. The van der Waals surface area contributed by atoms with Crippen LogP contribution in [0.5, 0.6) is 0 Å². The molecule has 2 N–H and O–H groups in total. The number of amides is 1. The maximum absolute atomic E-state index is 12.3. The van der Waals surface area contributed by atoms with Gasteiger partial charge in [0.2, 0.25) is 5.91 Å². The Balaban J connectivity index is 1.54. The lowest BCUT2D eigenvalue weighted by molar-refractivity contribution is -0.115. The molecule has 1 aromatic heterocycles. The first kappa shape index (κ1) is 16.9. The van der Waals surface area contributed by atoms with Crippen LogP contribution in [-0.2, 0) is 11.2 Å². The third-order valence-corrected chi connectivity index (χ3v) is 4.67. The standard InChI is InChI=1S/C19H20BrN3O/c20-17-7-4-9-22-19(17)23-18(24)13-15-8-10-21-16(12-15)11-14-5-2-1-3-6-14/h1-9,16,21H,10-13H2,(H,22,23,24). The summed E-state index contributed by atoms with van der Waals surface area (Å²) in [5.41, 5.74) is 2.50. The third-order valence-electron chi connectivity index (χ3n) is 4.03. The second kappa shape index (κ2) is 8.22. The highest BCUT2D eigenvalue weighted by molar-refractivity contribution is 9.10. The molecule has 0 saturated carbocycles. The first-order chi connectivity index (χ1) is 11.7. The van der Waals surface area contributed by atoms with Crippen LogP contribution in [0.4, 0.5) is 5.82 Å². The van der Waals surface area contributed by atoms with Crippen molar-refractivity contribution in [3.63, 3.8) is 0 Å². The molecule has 124 valence electrons. The van der Waals surface area contributed by atoms with Crippen LogP contribution < -0.4 is 10.6 Å². The number of halogens is 1. The van der Waals surface area contributed by atoms with Crippen molar-refractivity contribution in [1.29, 1.82) is 0 Å². The van der Waals surface area contributed by atoms with Gasteiger partial charge in [-0.15, -0.1) is 0 Å². The first-order valence-electron chi connectivity index (χ1n) is 8.06. The van der Waals surface area contributed by atoms with E-state index in [1.165, 1.54) is 11.1 Å². The smallest absolute Gasteiger partial charge is 0.229 e. The highest BCUT2D eigenvalue weighted by Crippen LogP contribution is 2.21. The largest absolute Gasteiger partial charge is 0.310 e. The van der Waals surface area contributed by atoms with Gasteiger partial charge in [-0.25, -0.2) is 4.98 Å². The van der Waals surface area contributed by atoms with Gasteiger partial charge >= 0.3 is 0 Å². The Morgan fingerprint density at radius 2 is 2.08 bits per heavy atom. The van der Waals surface area contributed by atoms with Crippen molar-refractivity contribution < 1.29 is 4.79 Å². The minimum atomic E-state index is -0.0268. The van der Waals surface area contributed by atoms with Gasteiger partial charge in [0.25, 0.3) is 0 Å². The number of carbonyl (C=O) groups excluding carboxylic acids is 1. The zero-order chi connectivity index (χ0) is 16.8. The van der Waals surface area contributed by atoms with Crippen LogP contribution in [0.3, 0.4) is 0 Å². The fourth-order valence-corrected chi connectivity index (χ4v) is 3.24. The van der Waals surface area contributed by atoms with Crippen molar-refractivity contribution in [2.24, 2.45) is 0 Å². The Hall–Kier alpha value is -1.98. The minimum Gasteiger partial charge on any atom is -0.310 e. The molecule has 2 aromatic rings. The normalized spacial score (nSPS) is 17.2. The van der Waals surface area contributed by atoms with Gasteiger partial charge in [-0.05, 0) is 46.5 Å². The van der Waals surface area contributed by atoms with E-state index < -0.39 is 0 Å². The molecule has 0 aliphatic carbocycles. The van der Waals surface area contributed by atoms with Gasteiger partial charge < -0.3 is 10.6 Å². The van der Waals surface area contributed by atoms with E-state index in [0.717, 1.165) is 23.9 Å². The zero-order valence-electron chi connectivity index (χ0n) is 13.3. The Labute approximate surface area is 150 Å². The van der Waals surface area contributed by atoms with Gasteiger partial charge in [-0.3, -0.25) is 4.79 Å². The summed E-state index contributed by atoms with van der Waals surface area (Å²) in [7, 11) is 0. The molecule has 4 nitrogen and oxygen atoms in total. The van der Waals surface area contributed by atoms with E-state index in [1.807, 2.05) is 18.2 Å². The number of rotatable bonds is 5. The van der Waals surface area contributed by atoms with Crippen molar-refractivity contribution in [3.05, 3.63) is 70.3 Å². The summed E-state index contributed by atoms with van der Waals surface area (Å²) >= 11 is 3.39. The zero-order valence-corrected chi connectivity index (χ0v) is 14.9. The predicted octanol–water partition coefficient (Wildman–Crippen LogP) is 3.70. The Morgan fingerprint density at radius 3 is 2.88 bits per heavy atom. The Bertz CT molecular complexity index is 730. The molecule has 0 fully saturated rings. The fraction of sp³-hybridized carbons (Fsp3) is 0.263. The van der Waals surface area contributed by atoms with Crippen LogP contribution in [0.25, 0.3) is 0 Å². The molecule has 3 rings (SSSR count). The van der Waals surface area contributed by atoms with Crippen LogP contribution in [0, 0.1) is 0 Å². The number of pyridine rings is 1. The molecule has 1 aromatic carbocycles. The van der Waals surface area contributed by atoms with Crippen molar-refractivity contribution in [3.8, 4) is 0 Å². The molecule has 24 heavy (non-hydrogen) atoms. The van der Waals surface area contributed by atoms with Crippen molar-refractivity contribution >= 4 is 27.7 Å². The summed E-state index contributed by atoms with van der Waals surface area (Å²) in [5.74, 6) is 0.541. The number of nitrogens with zero attached hydrogens (tertiary/aromatic N) is 1. The summed E-state index contributed by atoms with van der Waals surface area (Å²) in [5, 5.41) is 6.37. The van der Waals surface area contributed by atoms with Crippen LogP contribution in [0.15, 0.2) is 64.8 Å². The quantitative estimate of drug-likeness (QED) is 0.771. The molecule has 0 bridgehead atoms. The maximum Gasteiger partial charge on any atom is 0.229 e. The number of hydrogen-bond donors (Lipinski definition) is 2. The molecule has 1 aliphatic heterocycles. The van der Waals surface area contributed by atoms with E-state index in [1.54, 1.807) is 6.20 Å². The number of anilines is 1.